The molecule has 6 heteroatoms. The quantitative estimate of drug-likeness (QED) is 0.724. The Bertz CT molecular complexity index is 915. The summed E-state index contributed by atoms with van der Waals surface area (Å²) < 4.78 is 1.94. The minimum Gasteiger partial charge on any atom is -0.345 e. The number of amides is 1. The van der Waals surface area contributed by atoms with E-state index in [2.05, 4.69) is 17.3 Å². The van der Waals surface area contributed by atoms with Crippen LogP contribution in [0.5, 0.6) is 0 Å². The number of carbonyl (C=O) groups excluding carboxylic acids is 1. The lowest BCUT2D eigenvalue weighted by atomic mass is 10.2. The molecule has 1 aliphatic rings. The lowest BCUT2D eigenvalue weighted by Gasteiger charge is -2.19. The molecule has 136 valence electrons. The van der Waals surface area contributed by atoms with Crippen molar-refractivity contribution in [1.29, 1.82) is 0 Å². The van der Waals surface area contributed by atoms with Crippen LogP contribution in [0.2, 0.25) is 0 Å². The molecule has 2 aromatic heterocycles. The molecule has 1 aromatic carbocycles. The largest absolute Gasteiger partial charge is 0.345 e. The van der Waals surface area contributed by atoms with Gasteiger partial charge in [-0.15, -0.1) is 11.3 Å². The van der Waals surface area contributed by atoms with E-state index in [1.807, 2.05) is 48.0 Å². The van der Waals surface area contributed by atoms with Gasteiger partial charge in [-0.1, -0.05) is 18.2 Å². The Balaban J connectivity index is 1.55. The molecule has 2 N–H and O–H groups in total. The van der Waals surface area contributed by atoms with E-state index >= 15 is 0 Å². The number of hydrogen-bond donors (Lipinski definition) is 2. The third kappa shape index (κ3) is 3.15. The highest BCUT2D eigenvalue weighted by molar-refractivity contribution is 7.20. The van der Waals surface area contributed by atoms with Gasteiger partial charge in [-0.25, -0.2) is 4.68 Å². The van der Waals surface area contributed by atoms with Crippen molar-refractivity contribution >= 4 is 27.5 Å². The molecule has 0 radical (unpaired) electrons. The van der Waals surface area contributed by atoms with Crippen molar-refractivity contribution in [3.8, 4) is 5.69 Å². The third-order valence-corrected chi connectivity index (χ3v) is 6.47. The SMILES string of the molecule is CC[NH+]1CCC[C@@H]1CNC(=O)c1cc2c(C)nn(-c3ccccc3)c2s1. The summed E-state index contributed by atoms with van der Waals surface area (Å²) in [6.07, 6.45) is 2.47. The summed E-state index contributed by atoms with van der Waals surface area (Å²) in [5, 5.41) is 8.86. The van der Waals surface area contributed by atoms with Gasteiger partial charge in [0.1, 0.15) is 10.9 Å². The molecule has 1 fully saturated rings. The van der Waals surface area contributed by atoms with Gasteiger partial charge in [0.25, 0.3) is 5.91 Å². The zero-order valence-electron chi connectivity index (χ0n) is 15.3. The van der Waals surface area contributed by atoms with Gasteiger partial charge in [0.15, 0.2) is 0 Å². The van der Waals surface area contributed by atoms with E-state index in [1.165, 1.54) is 30.7 Å². The maximum absolute atomic E-state index is 12.7. The number of hydrogen-bond acceptors (Lipinski definition) is 3. The highest BCUT2D eigenvalue weighted by Crippen LogP contribution is 2.30. The predicted octanol–water partition coefficient (Wildman–Crippen LogP) is 2.19. The second-order valence-corrected chi connectivity index (χ2v) is 8.00. The van der Waals surface area contributed by atoms with E-state index in [0.29, 0.717) is 6.04 Å². The molecule has 1 amide bonds. The second kappa shape index (κ2) is 7.21. The Hall–Kier alpha value is -2.18. The average Bonchev–Trinajstić information content (AvgIpc) is 3.36. The fourth-order valence-corrected chi connectivity index (χ4v) is 5.00. The number of carbonyl (C=O) groups is 1. The Morgan fingerprint density at radius 3 is 2.96 bits per heavy atom. The van der Waals surface area contributed by atoms with Crippen molar-refractivity contribution in [2.24, 2.45) is 0 Å². The van der Waals surface area contributed by atoms with Crippen LogP contribution in [0.1, 0.15) is 35.1 Å². The predicted molar refractivity (Wildman–Crippen MR) is 105 cm³/mol. The van der Waals surface area contributed by atoms with Crippen molar-refractivity contribution in [1.82, 2.24) is 15.1 Å². The van der Waals surface area contributed by atoms with Gasteiger partial charge in [-0.05, 0) is 32.0 Å². The van der Waals surface area contributed by atoms with E-state index in [-0.39, 0.29) is 5.91 Å². The first-order valence-corrected chi connectivity index (χ1v) is 10.2. The number of likely N-dealkylation sites (tertiary alicyclic amines) is 1. The number of quaternary nitrogens is 1. The highest BCUT2D eigenvalue weighted by atomic mass is 32.1. The Labute approximate surface area is 157 Å². The normalized spacial score (nSPS) is 19.9. The summed E-state index contributed by atoms with van der Waals surface area (Å²) in [7, 11) is 0. The van der Waals surface area contributed by atoms with Crippen LogP contribution in [0.3, 0.4) is 0 Å². The minimum absolute atomic E-state index is 0.0348. The zero-order chi connectivity index (χ0) is 18.1. The maximum atomic E-state index is 12.7. The number of thiophene rings is 1. The number of para-hydroxylation sites is 1. The van der Waals surface area contributed by atoms with Gasteiger partial charge in [0.05, 0.1) is 35.9 Å². The average molecular weight is 370 g/mol. The van der Waals surface area contributed by atoms with Crippen molar-refractivity contribution in [3.05, 3.63) is 47.0 Å². The molecule has 0 bridgehead atoms. The van der Waals surface area contributed by atoms with Crippen LogP contribution in [0.15, 0.2) is 36.4 Å². The first kappa shape index (κ1) is 17.2. The van der Waals surface area contributed by atoms with Crippen molar-refractivity contribution in [2.75, 3.05) is 19.6 Å². The number of fused-ring (bicyclic) bond motifs is 1. The van der Waals surface area contributed by atoms with Gasteiger partial charge in [-0.3, -0.25) is 4.79 Å². The lowest BCUT2D eigenvalue weighted by molar-refractivity contribution is -0.909. The number of benzene rings is 1. The van der Waals surface area contributed by atoms with Crippen LogP contribution in [-0.4, -0.2) is 41.4 Å². The summed E-state index contributed by atoms with van der Waals surface area (Å²) in [5.41, 5.74) is 1.98. The van der Waals surface area contributed by atoms with Crippen LogP contribution < -0.4 is 10.2 Å². The molecule has 0 aliphatic carbocycles. The molecule has 5 nitrogen and oxygen atoms in total. The Morgan fingerprint density at radius 2 is 2.19 bits per heavy atom. The van der Waals surface area contributed by atoms with Crippen molar-refractivity contribution < 1.29 is 9.69 Å². The van der Waals surface area contributed by atoms with Gasteiger partial charge in [0, 0.05) is 18.2 Å². The number of nitrogens with zero attached hydrogens (tertiary/aromatic N) is 2. The van der Waals surface area contributed by atoms with Gasteiger partial charge >= 0.3 is 0 Å². The highest BCUT2D eigenvalue weighted by Gasteiger charge is 2.27. The number of aryl methyl sites for hydroxylation is 1. The summed E-state index contributed by atoms with van der Waals surface area (Å²) in [6.45, 7) is 7.35. The van der Waals surface area contributed by atoms with Crippen molar-refractivity contribution in [2.45, 2.75) is 32.7 Å². The molecule has 2 atom stereocenters. The first-order valence-electron chi connectivity index (χ1n) is 9.34. The second-order valence-electron chi connectivity index (χ2n) is 6.97. The minimum atomic E-state index is 0.0348. The van der Waals surface area contributed by atoms with Crippen LogP contribution in [0.4, 0.5) is 0 Å². The van der Waals surface area contributed by atoms with Crippen LogP contribution >= 0.6 is 11.3 Å². The van der Waals surface area contributed by atoms with Crippen LogP contribution in [0.25, 0.3) is 15.9 Å². The van der Waals surface area contributed by atoms with Gasteiger partial charge in [-0.2, -0.15) is 5.10 Å². The Morgan fingerprint density at radius 1 is 1.38 bits per heavy atom. The summed E-state index contributed by atoms with van der Waals surface area (Å²) >= 11 is 1.52. The monoisotopic (exact) mass is 369 g/mol. The molecular weight excluding hydrogens is 344 g/mol. The summed E-state index contributed by atoms with van der Waals surface area (Å²) in [4.78, 5) is 16.1. The van der Waals surface area contributed by atoms with Crippen LogP contribution in [-0.2, 0) is 0 Å². The number of aromatic nitrogens is 2. The van der Waals surface area contributed by atoms with E-state index in [1.54, 1.807) is 4.90 Å². The van der Waals surface area contributed by atoms with Crippen molar-refractivity contribution in [3.63, 3.8) is 0 Å². The molecule has 1 saturated heterocycles. The number of rotatable bonds is 5. The third-order valence-electron chi connectivity index (χ3n) is 5.36. The van der Waals surface area contributed by atoms with E-state index in [0.717, 1.165) is 39.6 Å². The fourth-order valence-electron chi connectivity index (χ4n) is 3.90. The summed E-state index contributed by atoms with van der Waals surface area (Å²) in [6, 6.07) is 12.6. The smallest absolute Gasteiger partial charge is 0.261 e. The summed E-state index contributed by atoms with van der Waals surface area (Å²) in [5.74, 6) is 0.0348. The molecule has 0 spiro atoms. The molecule has 0 saturated carbocycles. The maximum Gasteiger partial charge on any atom is 0.261 e. The molecule has 1 aliphatic heterocycles. The Kier molecular flexibility index (Phi) is 4.78. The topological polar surface area (TPSA) is 51.4 Å². The molecule has 3 aromatic rings. The first-order chi connectivity index (χ1) is 12.7. The molecule has 3 heterocycles. The fraction of sp³-hybridized carbons (Fsp3) is 0.400. The van der Waals surface area contributed by atoms with Gasteiger partial charge in [0.2, 0.25) is 0 Å². The lowest BCUT2D eigenvalue weighted by Crippen LogP contribution is -3.14. The van der Waals surface area contributed by atoms with Crippen LogP contribution in [0, 0.1) is 6.92 Å². The molecule has 26 heavy (non-hydrogen) atoms. The number of nitrogens with one attached hydrogen (secondary N) is 2. The van der Waals surface area contributed by atoms with E-state index < -0.39 is 0 Å². The van der Waals surface area contributed by atoms with Gasteiger partial charge < -0.3 is 10.2 Å². The zero-order valence-corrected chi connectivity index (χ0v) is 16.1. The molecular formula is C20H25N4OS+. The van der Waals surface area contributed by atoms with E-state index in [4.69, 9.17) is 0 Å². The van der Waals surface area contributed by atoms with E-state index in [9.17, 15) is 4.79 Å². The standard InChI is InChI=1S/C20H24N4OS/c1-3-23-11-7-10-16(23)13-21-19(25)18-12-17-14(2)22-24(20(17)26-18)15-8-5-4-6-9-15/h4-6,8-9,12,16H,3,7,10-11,13H2,1-2H3,(H,21,25)/p+1/t16-/m1/s1. The molecule has 4 rings (SSSR count). The molecule has 1 unspecified atom stereocenters. The number of likely N-dealkylation sites (N-methyl/N-ethyl adjacent to an activating group) is 1.